The van der Waals surface area contributed by atoms with Crippen molar-refractivity contribution in [2.45, 2.75) is 73.0 Å². The summed E-state index contributed by atoms with van der Waals surface area (Å²) in [5, 5.41) is 21.8. The molecule has 0 amide bonds. The van der Waals surface area contributed by atoms with E-state index in [1.807, 2.05) is 18.2 Å². The maximum atomic E-state index is 10.3. The van der Waals surface area contributed by atoms with E-state index in [4.69, 9.17) is 4.98 Å². The van der Waals surface area contributed by atoms with Crippen LogP contribution in [-0.2, 0) is 20.1 Å². The second kappa shape index (κ2) is 10.2. The number of aromatic nitrogens is 1. The van der Waals surface area contributed by atoms with Crippen LogP contribution < -0.4 is 0 Å². The second-order valence-corrected chi connectivity index (χ2v) is 11.6. The average molecular weight is 637 g/mol. The van der Waals surface area contributed by atoms with Gasteiger partial charge in [-0.05, 0) is 53.2 Å². The standard InChI is InChI=1S/C17H14N.C13H24O2.Ir/c1-12-9-13(2)11-15(10-12)17-8-7-14-5-3-4-6-16(14)18-17;1-12(2)6-5-8-7-13(3,4)11(15)9(8)10(12)14;/h3-10H,1-2H3;8-11,14-15H,5-7H2,1-4H3;/q-1;;. The predicted molar refractivity (Wildman–Crippen MR) is 136 cm³/mol. The number of rotatable bonds is 1. The van der Waals surface area contributed by atoms with Crippen LogP contribution in [0.3, 0.4) is 0 Å². The third-order valence-electron chi connectivity index (χ3n) is 7.84. The minimum absolute atomic E-state index is 0. The minimum Gasteiger partial charge on any atom is -0.392 e. The smallest absolute Gasteiger partial charge is 0.0646 e. The van der Waals surface area contributed by atoms with Crippen LogP contribution in [-0.4, -0.2) is 27.4 Å². The molecule has 4 heteroatoms. The Kier molecular flexibility index (Phi) is 8.09. The summed E-state index contributed by atoms with van der Waals surface area (Å²) in [6.07, 6.45) is 2.63. The van der Waals surface area contributed by atoms with Gasteiger partial charge >= 0.3 is 0 Å². The first-order chi connectivity index (χ1) is 15.5. The molecule has 34 heavy (non-hydrogen) atoms. The molecule has 4 atom stereocenters. The molecule has 1 heterocycles. The molecule has 5 rings (SSSR count). The molecule has 0 saturated heterocycles. The van der Waals surface area contributed by atoms with E-state index in [1.54, 1.807) is 0 Å². The normalized spacial score (nSPS) is 26.7. The van der Waals surface area contributed by atoms with Gasteiger partial charge in [-0.2, -0.15) is 0 Å². The first-order valence-electron chi connectivity index (χ1n) is 12.2. The molecule has 0 bridgehead atoms. The van der Waals surface area contributed by atoms with Crippen molar-refractivity contribution >= 4 is 10.9 Å². The van der Waals surface area contributed by atoms with Gasteiger partial charge in [0.25, 0.3) is 0 Å². The number of para-hydroxylation sites is 1. The van der Waals surface area contributed by atoms with E-state index in [9.17, 15) is 10.2 Å². The van der Waals surface area contributed by atoms with Crippen LogP contribution in [0.15, 0.2) is 48.5 Å². The molecule has 0 spiro atoms. The number of aliphatic hydroxyl groups excluding tert-OH is 2. The van der Waals surface area contributed by atoms with E-state index < -0.39 is 0 Å². The van der Waals surface area contributed by atoms with Crippen molar-refractivity contribution < 1.29 is 30.3 Å². The van der Waals surface area contributed by atoms with Crippen LogP contribution in [0.4, 0.5) is 0 Å². The molecular weight excluding hydrogens is 599 g/mol. The molecule has 2 aliphatic carbocycles. The van der Waals surface area contributed by atoms with Gasteiger partial charge in [0.05, 0.1) is 17.7 Å². The van der Waals surface area contributed by atoms with Crippen LogP contribution in [0.5, 0.6) is 0 Å². The molecule has 2 aromatic carbocycles. The first kappa shape index (κ1) is 27.0. The van der Waals surface area contributed by atoms with Crippen molar-refractivity contribution in [3.05, 3.63) is 65.7 Å². The van der Waals surface area contributed by atoms with Gasteiger partial charge in [0.15, 0.2) is 0 Å². The molecule has 2 fully saturated rings. The number of hydrogen-bond donors (Lipinski definition) is 2. The van der Waals surface area contributed by atoms with E-state index in [2.05, 4.69) is 77.9 Å². The van der Waals surface area contributed by atoms with E-state index in [-0.39, 0.29) is 49.1 Å². The third-order valence-corrected chi connectivity index (χ3v) is 7.84. The topological polar surface area (TPSA) is 53.4 Å². The number of benzene rings is 2. The van der Waals surface area contributed by atoms with E-state index in [0.717, 1.165) is 41.6 Å². The van der Waals surface area contributed by atoms with Crippen molar-refractivity contribution in [3.8, 4) is 11.3 Å². The van der Waals surface area contributed by atoms with Crippen molar-refractivity contribution in [1.82, 2.24) is 4.98 Å². The molecule has 0 aliphatic heterocycles. The number of hydrogen-bond acceptors (Lipinski definition) is 3. The Bertz CT molecular complexity index is 1120. The fourth-order valence-corrected chi connectivity index (χ4v) is 5.91. The summed E-state index contributed by atoms with van der Waals surface area (Å²) < 4.78 is 0. The maximum absolute atomic E-state index is 10.3. The number of aliphatic hydroxyl groups is 2. The van der Waals surface area contributed by atoms with E-state index >= 15 is 0 Å². The quantitative estimate of drug-likeness (QED) is 0.300. The van der Waals surface area contributed by atoms with E-state index in [0.29, 0.717) is 5.92 Å². The van der Waals surface area contributed by atoms with Crippen LogP contribution >= 0.6 is 0 Å². The van der Waals surface area contributed by atoms with Gasteiger partial charge in [0.1, 0.15) is 0 Å². The zero-order valence-corrected chi connectivity index (χ0v) is 23.6. The second-order valence-electron chi connectivity index (χ2n) is 11.6. The van der Waals surface area contributed by atoms with Gasteiger partial charge in [0.2, 0.25) is 0 Å². The summed E-state index contributed by atoms with van der Waals surface area (Å²) in [7, 11) is 0. The summed E-state index contributed by atoms with van der Waals surface area (Å²) in [5.41, 5.74) is 5.44. The van der Waals surface area contributed by atoms with Gasteiger partial charge in [-0.25, -0.2) is 0 Å². The summed E-state index contributed by atoms with van der Waals surface area (Å²) in [4.78, 5) is 4.70. The van der Waals surface area contributed by atoms with Crippen LogP contribution in [0.25, 0.3) is 22.2 Å². The first-order valence-corrected chi connectivity index (χ1v) is 12.2. The van der Waals surface area contributed by atoms with Gasteiger partial charge in [-0.1, -0.05) is 71.9 Å². The monoisotopic (exact) mass is 637 g/mol. The Balaban J connectivity index is 0.000000188. The van der Waals surface area contributed by atoms with Crippen LogP contribution in [0, 0.1) is 42.6 Å². The molecule has 185 valence electrons. The van der Waals surface area contributed by atoms with Crippen molar-refractivity contribution in [3.63, 3.8) is 0 Å². The van der Waals surface area contributed by atoms with Gasteiger partial charge < -0.3 is 10.2 Å². The van der Waals surface area contributed by atoms with Crippen LogP contribution in [0.2, 0.25) is 0 Å². The minimum atomic E-state index is -0.340. The van der Waals surface area contributed by atoms with Gasteiger partial charge in [-0.3, -0.25) is 4.98 Å². The maximum Gasteiger partial charge on any atom is 0.0646 e. The zero-order valence-electron chi connectivity index (χ0n) is 21.2. The molecule has 2 aliphatic rings. The van der Waals surface area contributed by atoms with Gasteiger partial charge in [0, 0.05) is 26.0 Å². The van der Waals surface area contributed by atoms with Gasteiger partial charge in [-0.15, -0.1) is 34.9 Å². The van der Waals surface area contributed by atoms with Crippen molar-refractivity contribution in [1.29, 1.82) is 0 Å². The molecule has 3 aromatic rings. The fourth-order valence-electron chi connectivity index (χ4n) is 5.91. The number of nitrogens with zero attached hydrogens (tertiary/aromatic N) is 1. The third kappa shape index (κ3) is 5.46. The Morgan fingerprint density at radius 1 is 0.912 bits per heavy atom. The number of aryl methyl sites for hydroxylation is 2. The summed E-state index contributed by atoms with van der Waals surface area (Å²) in [5.74, 6) is 0.627. The summed E-state index contributed by atoms with van der Waals surface area (Å²) in [6.45, 7) is 12.6. The number of fused-ring (bicyclic) bond motifs is 2. The molecule has 3 nitrogen and oxygen atoms in total. The Morgan fingerprint density at radius 2 is 1.59 bits per heavy atom. The summed E-state index contributed by atoms with van der Waals surface area (Å²) in [6, 6.07) is 20.0. The average Bonchev–Trinajstić information content (AvgIpc) is 2.99. The summed E-state index contributed by atoms with van der Waals surface area (Å²) >= 11 is 0. The Morgan fingerprint density at radius 3 is 2.29 bits per heavy atom. The SMILES string of the molecule is CC1(C)CCC2CC(C)(C)C(O)C2C1O.Cc1[c-]c(-c2ccc3ccccc3n2)cc(C)c1.[Ir]. The molecule has 1 aromatic heterocycles. The van der Waals surface area contributed by atoms with Crippen LogP contribution in [0.1, 0.15) is 58.1 Å². The molecule has 2 saturated carbocycles. The predicted octanol–water partition coefficient (Wildman–Crippen LogP) is 6.51. The van der Waals surface area contributed by atoms with Crippen molar-refractivity contribution in [2.24, 2.45) is 22.7 Å². The molecule has 4 unspecified atom stereocenters. The van der Waals surface area contributed by atoms with E-state index in [1.165, 1.54) is 10.9 Å². The van der Waals surface area contributed by atoms with Crippen molar-refractivity contribution in [2.75, 3.05) is 0 Å². The fraction of sp³-hybridized carbons (Fsp3) is 0.500. The zero-order chi connectivity index (χ0) is 24.0. The molecule has 2 N–H and O–H groups in total. The Hall–Kier alpha value is -1.58. The molecule has 1 radical (unpaired) electrons. The molecular formula is C30H38IrNO2-. The largest absolute Gasteiger partial charge is 0.392 e. The number of pyridine rings is 1. The Labute approximate surface area is 218 Å².